The lowest BCUT2D eigenvalue weighted by atomic mass is 9.83. The van der Waals surface area contributed by atoms with Gasteiger partial charge in [-0.05, 0) is 29.9 Å². The fourth-order valence-corrected chi connectivity index (χ4v) is 3.85. The van der Waals surface area contributed by atoms with Crippen LogP contribution < -0.4 is 5.73 Å². The van der Waals surface area contributed by atoms with E-state index in [1.54, 1.807) is 7.05 Å². The van der Waals surface area contributed by atoms with Crippen LogP contribution in [-0.2, 0) is 4.79 Å². The van der Waals surface area contributed by atoms with Crippen molar-refractivity contribution in [3.8, 4) is 0 Å². The first-order chi connectivity index (χ1) is 11.6. The van der Waals surface area contributed by atoms with E-state index in [2.05, 4.69) is 40.0 Å². The molecule has 2 atom stereocenters. The Morgan fingerprint density at radius 3 is 3.00 bits per heavy atom. The standard InChI is InChI=1S/C19H24N4O/c1-13-8-15(11-23(10-13)12-18(20)24)16-6-5-14(9-21-2)19-17(16)4-3-7-22-19/h3-7,9,13,15H,8,10-12H2,1-2H3,(H2,20,24)/t13-,15-/m0/s1. The molecule has 1 aromatic carbocycles. The molecule has 2 N–H and O–H groups in total. The summed E-state index contributed by atoms with van der Waals surface area (Å²) in [5.41, 5.74) is 8.71. The second-order valence-corrected chi connectivity index (χ2v) is 6.73. The molecule has 1 amide bonds. The molecule has 0 radical (unpaired) electrons. The second kappa shape index (κ2) is 7.09. The Bertz CT molecular complexity index is 771. The van der Waals surface area contributed by atoms with Gasteiger partial charge in [0.2, 0.25) is 5.91 Å². The van der Waals surface area contributed by atoms with Crippen LogP contribution in [0.4, 0.5) is 0 Å². The zero-order valence-electron chi connectivity index (χ0n) is 14.3. The van der Waals surface area contributed by atoms with Crippen LogP contribution in [0, 0.1) is 5.92 Å². The summed E-state index contributed by atoms with van der Waals surface area (Å²) >= 11 is 0. The number of carbonyl (C=O) groups excluding carboxylic acids is 1. The van der Waals surface area contributed by atoms with Crippen molar-refractivity contribution in [3.63, 3.8) is 0 Å². The first-order valence-electron chi connectivity index (χ1n) is 8.39. The molecule has 1 aliphatic rings. The van der Waals surface area contributed by atoms with Crippen LogP contribution in [0.2, 0.25) is 0 Å². The minimum atomic E-state index is -0.260. The molecule has 24 heavy (non-hydrogen) atoms. The first kappa shape index (κ1) is 16.6. The molecule has 3 rings (SSSR count). The summed E-state index contributed by atoms with van der Waals surface area (Å²) in [6.45, 7) is 4.35. The molecule has 1 fully saturated rings. The molecule has 2 aromatic rings. The number of hydrogen-bond donors (Lipinski definition) is 1. The van der Waals surface area contributed by atoms with Gasteiger partial charge in [-0.25, -0.2) is 0 Å². The Morgan fingerprint density at radius 2 is 2.25 bits per heavy atom. The number of aromatic nitrogens is 1. The van der Waals surface area contributed by atoms with Gasteiger partial charge in [0.15, 0.2) is 0 Å². The van der Waals surface area contributed by atoms with Gasteiger partial charge < -0.3 is 5.73 Å². The van der Waals surface area contributed by atoms with E-state index in [-0.39, 0.29) is 5.91 Å². The Labute approximate surface area is 142 Å². The van der Waals surface area contributed by atoms with Crippen molar-refractivity contribution < 1.29 is 4.79 Å². The van der Waals surface area contributed by atoms with Crippen molar-refractivity contribution >= 4 is 23.0 Å². The van der Waals surface area contributed by atoms with Gasteiger partial charge in [0, 0.05) is 43.5 Å². The molecular formula is C19H24N4O. The number of nitrogens with zero attached hydrogens (tertiary/aromatic N) is 3. The molecule has 1 aromatic heterocycles. The molecule has 1 aliphatic heterocycles. The number of likely N-dealkylation sites (tertiary alicyclic amines) is 1. The van der Waals surface area contributed by atoms with E-state index >= 15 is 0 Å². The van der Waals surface area contributed by atoms with Gasteiger partial charge >= 0.3 is 0 Å². The molecule has 126 valence electrons. The Balaban J connectivity index is 1.99. The van der Waals surface area contributed by atoms with Gasteiger partial charge in [-0.2, -0.15) is 0 Å². The fraction of sp³-hybridized carbons (Fsp3) is 0.421. The fourth-order valence-electron chi connectivity index (χ4n) is 3.85. The van der Waals surface area contributed by atoms with Gasteiger partial charge in [0.05, 0.1) is 12.1 Å². The maximum Gasteiger partial charge on any atom is 0.231 e. The number of nitrogens with two attached hydrogens (primary N) is 1. The van der Waals surface area contributed by atoms with Crippen molar-refractivity contribution in [2.24, 2.45) is 16.6 Å². The third-order valence-electron chi connectivity index (χ3n) is 4.66. The topological polar surface area (TPSA) is 71.6 Å². The van der Waals surface area contributed by atoms with Crippen LogP contribution in [0.1, 0.15) is 30.4 Å². The number of piperidine rings is 1. The summed E-state index contributed by atoms with van der Waals surface area (Å²) in [7, 11) is 1.77. The zero-order valence-corrected chi connectivity index (χ0v) is 14.3. The summed E-state index contributed by atoms with van der Waals surface area (Å²) in [5, 5.41) is 1.17. The number of benzene rings is 1. The summed E-state index contributed by atoms with van der Waals surface area (Å²) in [4.78, 5) is 22.2. The maximum absolute atomic E-state index is 11.3. The van der Waals surface area contributed by atoms with Gasteiger partial charge in [0.1, 0.15) is 0 Å². The van der Waals surface area contributed by atoms with E-state index in [1.165, 1.54) is 10.9 Å². The Kier molecular flexibility index (Phi) is 4.90. The Hall–Kier alpha value is -2.27. The molecule has 1 saturated heterocycles. The molecular weight excluding hydrogens is 300 g/mol. The highest BCUT2D eigenvalue weighted by Crippen LogP contribution is 2.34. The van der Waals surface area contributed by atoms with E-state index in [1.807, 2.05) is 18.5 Å². The molecule has 0 saturated carbocycles. The minimum absolute atomic E-state index is 0.260. The molecule has 2 heterocycles. The number of fused-ring (bicyclic) bond motifs is 1. The predicted octanol–water partition coefficient (Wildman–Crippen LogP) is 2.19. The molecule has 0 bridgehead atoms. The number of rotatable bonds is 4. The first-order valence-corrected chi connectivity index (χ1v) is 8.39. The molecule has 5 heteroatoms. The summed E-state index contributed by atoms with van der Waals surface area (Å²) in [6.07, 6.45) is 4.78. The van der Waals surface area contributed by atoms with Crippen LogP contribution >= 0.6 is 0 Å². The summed E-state index contributed by atoms with van der Waals surface area (Å²) in [5.74, 6) is 0.656. The normalized spacial score (nSPS) is 22.2. The number of primary amides is 1. The van der Waals surface area contributed by atoms with E-state index in [0.29, 0.717) is 18.4 Å². The van der Waals surface area contributed by atoms with Gasteiger partial charge in [0.25, 0.3) is 0 Å². The molecule has 0 spiro atoms. The van der Waals surface area contributed by atoms with Gasteiger partial charge in [-0.3, -0.25) is 19.7 Å². The third kappa shape index (κ3) is 3.46. The monoisotopic (exact) mass is 324 g/mol. The van der Waals surface area contributed by atoms with Crippen LogP contribution in [-0.4, -0.2) is 48.7 Å². The number of carbonyl (C=O) groups is 1. The number of amides is 1. The van der Waals surface area contributed by atoms with E-state index in [0.717, 1.165) is 30.6 Å². The average Bonchev–Trinajstić information content (AvgIpc) is 2.54. The molecule has 0 aliphatic carbocycles. The van der Waals surface area contributed by atoms with Gasteiger partial charge in [-0.15, -0.1) is 0 Å². The third-order valence-corrected chi connectivity index (χ3v) is 4.66. The summed E-state index contributed by atoms with van der Waals surface area (Å²) < 4.78 is 0. The van der Waals surface area contributed by atoms with Crippen molar-refractivity contribution in [2.75, 3.05) is 26.7 Å². The zero-order chi connectivity index (χ0) is 17.1. The van der Waals surface area contributed by atoms with Crippen LogP contribution in [0.5, 0.6) is 0 Å². The van der Waals surface area contributed by atoms with E-state index in [4.69, 9.17) is 5.73 Å². The highest BCUT2D eigenvalue weighted by atomic mass is 16.1. The lowest BCUT2D eigenvalue weighted by molar-refractivity contribution is -0.119. The van der Waals surface area contributed by atoms with Crippen molar-refractivity contribution in [2.45, 2.75) is 19.3 Å². The smallest absolute Gasteiger partial charge is 0.231 e. The lowest BCUT2D eigenvalue weighted by Gasteiger charge is -2.36. The number of aliphatic imine (C=N–C) groups is 1. The number of pyridine rings is 1. The lowest BCUT2D eigenvalue weighted by Crippen LogP contribution is -2.43. The largest absolute Gasteiger partial charge is 0.369 e. The highest BCUT2D eigenvalue weighted by Gasteiger charge is 2.27. The van der Waals surface area contributed by atoms with Crippen LogP contribution in [0.3, 0.4) is 0 Å². The van der Waals surface area contributed by atoms with Crippen LogP contribution in [0.25, 0.3) is 10.9 Å². The second-order valence-electron chi connectivity index (χ2n) is 6.73. The van der Waals surface area contributed by atoms with E-state index in [9.17, 15) is 4.79 Å². The predicted molar refractivity (Wildman–Crippen MR) is 97.4 cm³/mol. The Morgan fingerprint density at radius 1 is 1.42 bits per heavy atom. The van der Waals surface area contributed by atoms with Gasteiger partial charge in [-0.1, -0.05) is 25.1 Å². The van der Waals surface area contributed by atoms with Crippen molar-refractivity contribution in [1.29, 1.82) is 0 Å². The number of hydrogen-bond acceptors (Lipinski definition) is 4. The minimum Gasteiger partial charge on any atom is -0.369 e. The SMILES string of the molecule is CN=Cc1ccc([C@H]2C[C@H](C)CN(CC(N)=O)C2)c2cccnc12. The summed E-state index contributed by atoms with van der Waals surface area (Å²) in [6, 6.07) is 8.38. The quantitative estimate of drug-likeness (QED) is 0.876. The average molecular weight is 324 g/mol. The highest BCUT2D eigenvalue weighted by molar-refractivity contribution is 5.98. The maximum atomic E-state index is 11.3. The molecule has 0 unspecified atom stereocenters. The van der Waals surface area contributed by atoms with Crippen molar-refractivity contribution in [3.05, 3.63) is 41.6 Å². The van der Waals surface area contributed by atoms with Crippen molar-refractivity contribution in [1.82, 2.24) is 9.88 Å². The molecule has 5 nitrogen and oxygen atoms in total. The van der Waals surface area contributed by atoms with Crippen LogP contribution in [0.15, 0.2) is 35.5 Å². The van der Waals surface area contributed by atoms with E-state index < -0.39 is 0 Å².